The molecule has 2 nitrogen and oxygen atoms in total. The van der Waals surface area contributed by atoms with Crippen molar-refractivity contribution in [3.63, 3.8) is 0 Å². The molecule has 0 bridgehead atoms. The molecule has 0 amide bonds. The van der Waals surface area contributed by atoms with Crippen LogP contribution in [-0.2, 0) is 0 Å². The standard InChI is InChI=1S/C13H12ClFN2/c1-8-2-3-9(14)6-13(8)17-12-5-4-10(16)7-11(12)15/h2-7,17H,16H2,1H3. The van der Waals surface area contributed by atoms with E-state index < -0.39 is 0 Å². The Balaban J connectivity index is 2.34. The van der Waals surface area contributed by atoms with Crippen molar-refractivity contribution >= 4 is 28.7 Å². The summed E-state index contributed by atoms with van der Waals surface area (Å²) in [5.41, 5.74) is 8.03. The Morgan fingerprint density at radius 3 is 2.59 bits per heavy atom. The van der Waals surface area contributed by atoms with E-state index >= 15 is 0 Å². The Hall–Kier alpha value is -1.74. The van der Waals surface area contributed by atoms with Gasteiger partial charge in [0.1, 0.15) is 5.82 Å². The van der Waals surface area contributed by atoms with Crippen LogP contribution in [0, 0.1) is 12.7 Å². The maximum atomic E-state index is 13.6. The fourth-order valence-electron chi connectivity index (χ4n) is 1.51. The summed E-state index contributed by atoms with van der Waals surface area (Å²) in [5, 5.41) is 3.60. The van der Waals surface area contributed by atoms with E-state index in [0.29, 0.717) is 16.4 Å². The van der Waals surface area contributed by atoms with E-state index in [0.717, 1.165) is 11.3 Å². The molecule has 0 saturated heterocycles. The van der Waals surface area contributed by atoms with E-state index in [9.17, 15) is 4.39 Å². The smallest absolute Gasteiger partial charge is 0.148 e. The minimum Gasteiger partial charge on any atom is -0.399 e. The molecular weight excluding hydrogens is 239 g/mol. The van der Waals surface area contributed by atoms with Gasteiger partial charge in [-0.15, -0.1) is 0 Å². The number of nitrogens with two attached hydrogens (primary N) is 1. The Morgan fingerprint density at radius 2 is 1.88 bits per heavy atom. The minimum atomic E-state index is -0.385. The topological polar surface area (TPSA) is 38.0 Å². The summed E-state index contributed by atoms with van der Waals surface area (Å²) in [6.45, 7) is 1.92. The zero-order valence-electron chi connectivity index (χ0n) is 9.30. The van der Waals surface area contributed by atoms with Gasteiger partial charge in [0, 0.05) is 16.4 Å². The van der Waals surface area contributed by atoms with Gasteiger partial charge in [0.05, 0.1) is 5.69 Å². The highest BCUT2D eigenvalue weighted by Gasteiger charge is 2.05. The fourth-order valence-corrected chi connectivity index (χ4v) is 1.68. The van der Waals surface area contributed by atoms with Gasteiger partial charge in [0.25, 0.3) is 0 Å². The first-order valence-corrected chi connectivity index (χ1v) is 5.52. The SMILES string of the molecule is Cc1ccc(Cl)cc1Nc1ccc(N)cc1F. The third kappa shape index (κ3) is 2.68. The first-order chi connectivity index (χ1) is 8.06. The number of halogens is 2. The molecule has 0 radical (unpaired) electrons. The normalized spacial score (nSPS) is 10.3. The van der Waals surface area contributed by atoms with Gasteiger partial charge in [-0.1, -0.05) is 17.7 Å². The highest BCUT2D eigenvalue weighted by molar-refractivity contribution is 6.30. The molecule has 2 aromatic carbocycles. The van der Waals surface area contributed by atoms with Crippen LogP contribution in [0.3, 0.4) is 0 Å². The van der Waals surface area contributed by atoms with Gasteiger partial charge in [-0.25, -0.2) is 4.39 Å². The first-order valence-electron chi connectivity index (χ1n) is 5.14. The van der Waals surface area contributed by atoms with Gasteiger partial charge >= 0.3 is 0 Å². The molecule has 2 rings (SSSR count). The van der Waals surface area contributed by atoms with E-state index in [4.69, 9.17) is 17.3 Å². The van der Waals surface area contributed by atoms with Crippen LogP contribution in [0.5, 0.6) is 0 Å². The van der Waals surface area contributed by atoms with Crippen LogP contribution in [0.15, 0.2) is 36.4 Å². The molecule has 4 heteroatoms. The number of hydrogen-bond acceptors (Lipinski definition) is 2. The fraction of sp³-hybridized carbons (Fsp3) is 0.0769. The number of aryl methyl sites for hydroxylation is 1. The molecule has 3 N–H and O–H groups in total. The summed E-state index contributed by atoms with van der Waals surface area (Å²) in [5.74, 6) is -0.385. The van der Waals surface area contributed by atoms with Crippen molar-refractivity contribution < 1.29 is 4.39 Å². The number of nitrogen functional groups attached to an aromatic ring is 1. The van der Waals surface area contributed by atoms with E-state index in [1.807, 2.05) is 13.0 Å². The summed E-state index contributed by atoms with van der Waals surface area (Å²) in [7, 11) is 0. The van der Waals surface area contributed by atoms with Crippen molar-refractivity contribution in [3.05, 3.63) is 52.8 Å². The minimum absolute atomic E-state index is 0.379. The van der Waals surface area contributed by atoms with Crippen LogP contribution in [0.4, 0.5) is 21.5 Å². The molecule has 0 fully saturated rings. The summed E-state index contributed by atoms with van der Waals surface area (Å²) in [6.07, 6.45) is 0. The highest BCUT2D eigenvalue weighted by atomic mass is 35.5. The summed E-state index contributed by atoms with van der Waals surface area (Å²) < 4.78 is 13.6. The molecule has 17 heavy (non-hydrogen) atoms. The van der Waals surface area contributed by atoms with E-state index in [1.54, 1.807) is 24.3 Å². The summed E-state index contributed by atoms with van der Waals surface area (Å²) >= 11 is 5.89. The Labute approximate surface area is 104 Å². The molecule has 0 atom stereocenters. The predicted molar refractivity (Wildman–Crippen MR) is 70.3 cm³/mol. The van der Waals surface area contributed by atoms with Gasteiger partial charge in [0.15, 0.2) is 0 Å². The molecule has 0 aliphatic rings. The number of nitrogens with one attached hydrogen (secondary N) is 1. The van der Waals surface area contributed by atoms with Crippen LogP contribution < -0.4 is 11.1 Å². The zero-order valence-corrected chi connectivity index (χ0v) is 10.1. The van der Waals surface area contributed by atoms with Crippen molar-refractivity contribution in [1.29, 1.82) is 0 Å². The second kappa shape index (κ2) is 4.63. The van der Waals surface area contributed by atoms with Crippen LogP contribution in [-0.4, -0.2) is 0 Å². The maximum Gasteiger partial charge on any atom is 0.148 e. The lowest BCUT2D eigenvalue weighted by atomic mass is 10.2. The Bertz CT molecular complexity index is 555. The molecule has 0 aliphatic heterocycles. The van der Waals surface area contributed by atoms with Gasteiger partial charge in [-0.3, -0.25) is 0 Å². The van der Waals surface area contributed by atoms with Crippen LogP contribution in [0.25, 0.3) is 0 Å². The van der Waals surface area contributed by atoms with E-state index in [1.165, 1.54) is 6.07 Å². The van der Waals surface area contributed by atoms with Crippen molar-refractivity contribution in [2.75, 3.05) is 11.1 Å². The average molecular weight is 251 g/mol. The van der Waals surface area contributed by atoms with Gasteiger partial charge in [-0.05, 0) is 42.8 Å². The molecule has 2 aromatic rings. The lowest BCUT2D eigenvalue weighted by Gasteiger charge is -2.11. The van der Waals surface area contributed by atoms with Crippen molar-refractivity contribution in [3.8, 4) is 0 Å². The second-order valence-corrected chi connectivity index (χ2v) is 4.26. The lowest BCUT2D eigenvalue weighted by molar-refractivity contribution is 0.632. The monoisotopic (exact) mass is 250 g/mol. The number of benzene rings is 2. The quantitative estimate of drug-likeness (QED) is 0.787. The molecule has 0 aromatic heterocycles. The van der Waals surface area contributed by atoms with Gasteiger partial charge < -0.3 is 11.1 Å². The van der Waals surface area contributed by atoms with Crippen molar-refractivity contribution in [2.45, 2.75) is 6.92 Å². The second-order valence-electron chi connectivity index (χ2n) is 3.82. The van der Waals surface area contributed by atoms with Crippen LogP contribution >= 0.6 is 11.6 Å². The van der Waals surface area contributed by atoms with Crippen molar-refractivity contribution in [2.24, 2.45) is 0 Å². The molecule has 0 unspecified atom stereocenters. The van der Waals surface area contributed by atoms with E-state index in [-0.39, 0.29) is 5.82 Å². The van der Waals surface area contributed by atoms with Gasteiger partial charge in [-0.2, -0.15) is 0 Å². The van der Waals surface area contributed by atoms with E-state index in [2.05, 4.69) is 5.32 Å². The number of rotatable bonds is 2. The largest absolute Gasteiger partial charge is 0.399 e. The maximum absolute atomic E-state index is 13.6. The zero-order chi connectivity index (χ0) is 12.4. The molecule has 0 aliphatic carbocycles. The average Bonchev–Trinajstić information content (AvgIpc) is 2.27. The number of hydrogen-bond donors (Lipinski definition) is 2. The summed E-state index contributed by atoms with van der Waals surface area (Å²) in [4.78, 5) is 0. The Morgan fingerprint density at radius 1 is 1.12 bits per heavy atom. The Kier molecular flexibility index (Phi) is 3.20. The highest BCUT2D eigenvalue weighted by Crippen LogP contribution is 2.26. The first kappa shape index (κ1) is 11.7. The molecule has 0 spiro atoms. The molecule has 0 heterocycles. The van der Waals surface area contributed by atoms with Gasteiger partial charge in [0.2, 0.25) is 0 Å². The molecule has 0 saturated carbocycles. The number of anilines is 3. The lowest BCUT2D eigenvalue weighted by Crippen LogP contribution is -1.97. The van der Waals surface area contributed by atoms with Crippen molar-refractivity contribution in [1.82, 2.24) is 0 Å². The third-order valence-electron chi connectivity index (χ3n) is 2.46. The predicted octanol–water partition coefficient (Wildman–Crippen LogP) is 4.11. The third-order valence-corrected chi connectivity index (χ3v) is 2.70. The molecular formula is C13H12ClFN2. The van der Waals surface area contributed by atoms with Crippen LogP contribution in [0.2, 0.25) is 5.02 Å². The molecule has 88 valence electrons. The van der Waals surface area contributed by atoms with Crippen LogP contribution in [0.1, 0.15) is 5.56 Å². The summed E-state index contributed by atoms with van der Waals surface area (Å²) in [6, 6.07) is 9.95.